The quantitative estimate of drug-likeness (QED) is 0.204. The zero-order valence-corrected chi connectivity index (χ0v) is 31.1. The molecule has 0 atom stereocenters. The topological polar surface area (TPSA) is 147 Å². The minimum absolute atomic E-state index is 0.227. The molecule has 0 radical (unpaired) electrons. The maximum atomic E-state index is 13.4. The number of ether oxygens (including phenoxy) is 1. The molecule has 2 aliphatic heterocycles. The summed E-state index contributed by atoms with van der Waals surface area (Å²) in [6, 6.07) is 13.4. The lowest BCUT2D eigenvalue weighted by molar-refractivity contribution is -0.120. The van der Waals surface area contributed by atoms with Crippen LogP contribution in [0.4, 0.5) is 22.0 Å². The minimum Gasteiger partial charge on any atom is -0.496 e. The minimum atomic E-state index is -0.360. The molecule has 2 aromatic carbocycles. The molecule has 0 spiro atoms. The number of methoxy groups -OCH3 is 1. The average Bonchev–Trinajstić information content (AvgIpc) is 3.92. The van der Waals surface area contributed by atoms with E-state index >= 15 is 0 Å². The Labute approximate surface area is 317 Å². The number of piperazine rings is 1. The van der Waals surface area contributed by atoms with Gasteiger partial charge in [-0.1, -0.05) is 12.1 Å². The highest BCUT2D eigenvalue weighted by Gasteiger charge is 2.29. The van der Waals surface area contributed by atoms with Crippen LogP contribution in [0.15, 0.2) is 67.3 Å². The first kappa shape index (κ1) is 34.8. The zero-order valence-electron chi connectivity index (χ0n) is 31.1. The highest BCUT2D eigenvalue weighted by atomic mass is 16.5. The standard InChI is InChI=1S/C40H45N11O4/c1-46-25-33(29-5-3-6-32(38(29)46)49-16-13-37(52)44-40(49)54)48-19-17-47(18-20-48)15-12-26-8-10-28(11-9-26)50-24-27-21-30(34(55-2)22-31(27)45-50)39(53)43-36-23-41-35-7-4-14-42-51(35)36/h3-7,14,21-26,28H,8-13,15-20H2,1-2H3,(H,43,53)(H,44,52,54). The Balaban J connectivity index is 0.784. The van der Waals surface area contributed by atoms with Gasteiger partial charge in [-0.3, -0.25) is 29.4 Å². The number of nitrogens with zero attached hydrogens (tertiary/aromatic N) is 9. The summed E-state index contributed by atoms with van der Waals surface area (Å²) in [6.45, 7) is 5.42. The predicted molar refractivity (Wildman–Crippen MR) is 210 cm³/mol. The predicted octanol–water partition coefficient (Wildman–Crippen LogP) is 5.22. The van der Waals surface area contributed by atoms with Crippen molar-refractivity contribution in [1.82, 2.24) is 39.2 Å². The van der Waals surface area contributed by atoms with Gasteiger partial charge in [0.1, 0.15) is 5.75 Å². The Bertz CT molecular complexity index is 2420. The van der Waals surface area contributed by atoms with Crippen LogP contribution in [0.2, 0.25) is 0 Å². The molecular formula is C40H45N11O4. The number of imidazole rings is 1. The van der Waals surface area contributed by atoms with Gasteiger partial charge in [-0.15, -0.1) is 0 Å². The second-order valence-corrected chi connectivity index (χ2v) is 15.0. The number of carbonyl (C=O) groups is 3. The van der Waals surface area contributed by atoms with E-state index in [-0.39, 0.29) is 17.8 Å². The van der Waals surface area contributed by atoms with Gasteiger partial charge in [0, 0.05) is 81.6 Å². The summed E-state index contributed by atoms with van der Waals surface area (Å²) >= 11 is 0. The average molecular weight is 744 g/mol. The Morgan fingerprint density at radius 3 is 2.62 bits per heavy atom. The Hall–Kier alpha value is -5.96. The Kier molecular flexibility index (Phi) is 9.08. The molecule has 3 aliphatic rings. The molecule has 0 bridgehead atoms. The zero-order chi connectivity index (χ0) is 37.6. The molecule has 6 heterocycles. The van der Waals surface area contributed by atoms with Crippen molar-refractivity contribution in [2.24, 2.45) is 13.0 Å². The first-order chi connectivity index (χ1) is 26.8. The third-order valence-corrected chi connectivity index (χ3v) is 11.7. The fraction of sp³-hybridized carbons (Fsp3) is 0.400. The summed E-state index contributed by atoms with van der Waals surface area (Å²) in [5, 5.41) is 16.6. The number of benzene rings is 2. The Morgan fingerprint density at radius 1 is 0.982 bits per heavy atom. The molecule has 4 amide bonds. The summed E-state index contributed by atoms with van der Waals surface area (Å²) in [5.74, 6) is 1.13. The van der Waals surface area contributed by atoms with Gasteiger partial charge >= 0.3 is 6.03 Å². The smallest absolute Gasteiger partial charge is 0.328 e. The lowest BCUT2D eigenvalue weighted by Crippen LogP contribution is -2.49. The number of amides is 4. The van der Waals surface area contributed by atoms with Gasteiger partial charge in [-0.05, 0) is 68.8 Å². The maximum Gasteiger partial charge on any atom is 0.328 e. The van der Waals surface area contributed by atoms with Crippen molar-refractivity contribution in [2.75, 3.05) is 61.5 Å². The van der Waals surface area contributed by atoms with Crippen molar-refractivity contribution in [3.63, 3.8) is 0 Å². The number of para-hydroxylation sites is 1. The van der Waals surface area contributed by atoms with Gasteiger partial charge in [0.05, 0.1) is 47.3 Å². The van der Waals surface area contributed by atoms with Crippen molar-refractivity contribution in [2.45, 2.75) is 44.6 Å². The highest BCUT2D eigenvalue weighted by Crippen LogP contribution is 2.38. The monoisotopic (exact) mass is 743 g/mol. The number of rotatable bonds is 9. The van der Waals surface area contributed by atoms with Crippen LogP contribution in [0.5, 0.6) is 5.75 Å². The fourth-order valence-corrected chi connectivity index (χ4v) is 8.67. The molecule has 4 aromatic heterocycles. The van der Waals surface area contributed by atoms with Gasteiger partial charge in [-0.2, -0.15) is 14.7 Å². The van der Waals surface area contributed by atoms with Crippen LogP contribution >= 0.6 is 0 Å². The number of imide groups is 1. The summed E-state index contributed by atoms with van der Waals surface area (Å²) in [6.07, 6.45) is 13.5. The van der Waals surface area contributed by atoms with E-state index in [1.807, 2.05) is 37.4 Å². The first-order valence-electron chi connectivity index (χ1n) is 19.2. The summed E-state index contributed by atoms with van der Waals surface area (Å²) in [4.78, 5) is 48.9. The van der Waals surface area contributed by atoms with E-state index in [1.54, 1.807) is 35.0 Å². The fourth-order valence-electron chi connectivity index (χ4n) is 8.67. The van der Waals surface area contributed by atoms with Crippen molar-refractivity contribution < 1.29 is 19.1 Å². The molecule has 1 aliphatic carbocycles. The number of urea groups is 1. The van der Waals surface area contributed by atoms with E-state index in [4.69, 9.17) is 9.84 Å². The van der Waals surface area contributed by atoms with E-state index < -0.39 is 0 Å². The van der Waals surface area contributed by atoms with Gasteiger partial charge in [-0.25, -0.2) is 9.78 Å². The number of hydrogen-bond acceptors (Lipinski definition) is 9. The number of hydrogen-bond donors (Lipinski definition) is 2. The van der Waals surface area contributed by atoms with Crippen LogP contribution in [0.3, 0.4) is 0 Å². The molecule has 1 saturated carbocycles. The maximum absolute atomic E-state index is 13.4. The number of fused-ring (bicyclic) bond motifs is 3. The molecular weight excluding hydrogens is 699 g/mol. The number of nitrogens with one attached hydrogen (secondary N) is 2. The molecule has 3 fully saturated rings. The Morgan fingerprint density at radius 2 is 1.82 bits per heavy atom. The molecule has 0 unspecified atom stereocenters. The van der Waals surface area contributed by atoms with E-state index in [0.29, 0.717) is 47.7 Å². The van der Waals surface area contributed by atoms with Crippen LogP contribution in [-0.2, 0) is 11.8 Å². The molecule has 55 heavy (non-hydrogen) atoms. The summed E-state index contributed by atoms with van der Waals surface area (Å²) < 4.78 is 11.4. The number of aromatic nitrogens is 6. The molecule has 15 nitrogen and oxygen atoms in total. The molecule has 9 rings (SSSR count). The van der Waals surface area contributed by atoms with E-state index in [9.17, 15) is 14.4 Å². The van der Waals surface area contributed by atoms with Gasteiger partial charge < -0.3 is 19.5 Å². The number of carbonyl (C=O) groups excluding carboxylic acids is 3. The van der Waals surface area contributed by atoms with Crippen molar-refractivity contribution in [3.8, 4) is 5.75 Å². The van der Waals surface area contributed by atoms with Gasteiger partial charge in [0.2, 0.25) is 5.91 Å². The number of aryl methyl sites for hydroxylation is 1. The van der Waals surface area contributed by atoms with Crippen LogP contribution in [0, 0.1) is 5.92 Å². The molecule has 2 saturated heterocycles. The third kappa shape index (κ3) is 6.62. The van der Waals surface area contributed by atoms with Gasteiger partial charge in [0.15, 0.2) is 11.5 Å². The van der Waals surface area contributed by atoms with Crippen LogP contribution in [-0.4, -0.2) is 98.1 Å². The SMILES string of the molecule is COc1cc2nn(C3CCC(CCN4CCN(c5cn(C)c6c(N7CCC(=O)NC7=O)cccc56)CC4)CC3)cc2cc1C(=O)Nc1cnc2cccnn12. The third-order valence-electron chi connectivity index (χ3n) is 11.7. The van der Waals surface area contributed by atoms with E-state index in [1.165, 1.54) is 24.9 Å². The van der Waals surface area contributed by atoms with E-state index in [2.05, 4.69) is 58.2 Å². The summed E-state index contributed by atoms with van der Waals surface area (Å²) in [7, 11) is 3.60. The van der Waals surface area contributed by atoms with E-state index in [0.717, 1.165) is 73.1 Å². The lowest BCUT2D eigenvalue weighted by atomic mass is 9.84. The molecule has 2 N–H and O–H groups in total. The molecule has 284 valence electrons. The highest BCUT2D eigenvalue weighted by molar-refractivity contribution is 6.11. The van der Waals surface area contributed by atoms with Crippen molar-refractivity contribution in [1.29, 1.82) is 0 Å². The normalized spacial score (nSPS) is 19.7. The largest absolute Gasteiger partial charge is 0.496 e. The van der Waals surface area contributed by atoms with Crippen LogP contribution < -0.4 is 25.2 Å². The molecule has 15 heteroatoms. The van der Waals surface area contributed by atoms with Crippen LogP contribution in [0.1, 0.15) is 54.9 Å². The lowest BCUT2D eigenvalue weighted by Gasteiger charge is -2.37. The summed E-state index contributed by atoms with van der Waals surface area (Å²) in [5.41, 5.74) is 4.92. The van der Waals surface area contributed by atoms with Crippen molar-refractivity contribution in [3.05, 3.63) is 72.8 Å². The molecule has 6 aromatic rings. The first-order valence-corrected chi connectivity index (χ1v) is 19.2. The van der Waals surface area contributed by atoms with Crippen molar-refractivity contribution >= 4 is 62.5 Å². The van der Waals surface area contributed by atoms with Gasteiger partial charge in [0.25, 0.3) is 5.91 Å². The second kappa shape index (κ2) is 14.4. The second-order valence-electron chi connectivity index (χ2n) is 15.0. The number of anilines is 3. The van der Waals surface area contributed by atoms with Crippen LogP contribution in [0.25, 0.3) is 27.5 Å².